The quantitative estimate of drug-likeness (QED) is 0.789. The topological polar surface area (TPSA) is 83.2 Å². The fraction of sp³-hybridized carbons (Fsp3) is 0.600. The van der Waals surface area contributed by atoms with Gasteiger partial charge in [0.05, 0.1) is 12.2 Å². The van der Waals surface area contributed by atoms with Crippen molar-refractivity contribution in [1.29, 1.82) is 0 Å². The standard InChI is InChI=1S/C10H16N4O2S/c1-5(2)15-9-12-8(7(11)17)13-10(14-9)16-6(3)4/h5-6H,1-4H3,(H2,11,17). The van der Waals surface area contributed by atoms with Crippen LogP contribution < -0.4 is 15.2 Å². The third-order valence-electron chi connectivity index (χ3n) is 1.50. The van der Waals surface area contributed by atoms with Gasteiger partial charge in [-0.25, -0.2) is 0 Å². The second kappa shape index (κ2) is 5.72. The maximum atomic E-state index is 5.48. The Bertz CT molecular complexity index is 381. The first-order chi connectivity index (χ1) is 7.88. The molecule has 0 aliphatic carbocycles. The summed E-state index contributed by atoms with van der Waals surface area (Å²) in [6.45, 7) is 7.47. The summed E-state index contributed by atoms with van der Waals surface area (Å²) in [4.78, 5) is 12.1. The molecule has 0 radical (unpaired) electrons. The average molecular weight is 256 g/mol. The van der Waals surface area contributed by atoms with Crippen LogP contribution in [0.4, 0.5) is 0 Å². The smallest absolute Gasteiger partial charge is 0.323 e. The summed E-state index contributed by atoms with van der Waals surface area (Å²) in [6, 6.07) is 0.321. The third-order valence-corrected chi connectivity index (χ3v) is 1.68. The lowest BCUT2D eigenvalue weighted by Gasteiger charge is -2.11. The molecule has 0 aromatic carbocycles. The molecule has 0 saturated heterocycles. The fourth-order valence-electron chi connectivity index (χ4n) is 0.975. The zero-order chi connectivity index (χ0) is 13.0. The van der Waals surface area contributed by atoms with Crippen LogP contribution in [-0.2, 0) is 0 Å². The lowest BCUT2D eigenvalue weighted by molar-refractivity contribution is 0.196. The molecule has 0 bridgehead atoms. The molecular weight excluding hydrogens is 240 g/mol. The molecule has 1 rings (SSSR count). The van der Waals surface area contributed by atoms with E-state index >= 15 is 0 Å². The first-order valence-corrected chi connectivity index (χ1v) is 5.68. The largest absolute Gasteiger partial charge is 0.461 e. The molecule has 7 heteroatoms. The molecule has 2 N–H and O–H groups in total. The van der Waals surface area contributed by atoms with E-state index in [1.807, 2.05) is 27.7 Å². The molecule has 0 fully saturated rings. The van der Waals surface area contributed by atoms with E-state index in [9.17, 15) is 0 Å². The predicted molar refractivity (Wildman–Crippen MR) is 67.2 cm³/mol. The van der Waals surface area contributed by atoms with Gasteiger partial charge in [-0.2, -0.15) is 9.97 Å². The maximum Gasteiger partial charge on any atom is 0.323 e. The van der Waals surface area contributed by atoms with Gasteiger partial charge in [0.15, 0.2) is 5.82 Å². The summed E-state index contributed by atoms with van der Waals surface area (Å²) in [5.74, 6) is 0.196. The van der Waals surface area contributed by atoms with Crippen molar-refractivity contribution in [3.63, 3.8) is 0 Å². The Morgan fingerprint density at radius 2 is 1.41 bits per heavy atom. The summed E-state index contributed by atoms with van der Waals surface area (Å²) < 4.78 is 10.7. The first kappa shape index (κ1) is 13.6. The van der Waals surface area contributed by atoms with Crippen molar-refractivity contribution in [1.82, 2.24) is 15.0 Å². The molecule has 1 aromatic heterocycles. The van der Waals surface area contributed by atoms with E-state index < -0.39 is 0 Å². The molecule has 0 amide bonds. The summed E-state index contributed by atoms with van der Waals surface area (Å²) in [6.07, 6.45) is -0.105. The maximum absolute atomic E-state index is 5.48. The van der Waals surface area contributed by atoms with Crippen LogP contribution in [0.1, 0.15) is 33.5 Å². The highest BCUT2D eigenvalue weighted by Crippen LogP contribution is 2.12. The summed E-state index contributed by atoms with van der Waals surface area (Å²) >= 11 is 4.82. The summed E-state index contributed by atoms with van der Waals surface area (Å²) in [5, 5.41) is 0. The SMILES string of the molecule is CC(C)Oc1nc(OC(C)C)nc(C(N)=S)n1. The van der Waals surface area contributed by atoms with Crippen LogP contribution in [0.2, 0.25) is 0 Å². The minimum Gasteiger partial charge on any atom is -0.461 e. The van der Waals surface area contributed by atoms with Gasteiger partial charge in [-0.05, 0) is 27.7 Å². The van der Waals surface area contributed by atoms with Crippen molar-refractivity contribution in [2.24, 2.45) is 5.73 Å². The second-order valence-corrected chi connectivity index (χ2v) is 4.36. The number of rotatable bonds is 5. The van der Waals surface area contributed by atoms with E-state index in [0.717, 1.165) is 0 Å². The minimum atomic E-state index is -0.0523. The Balaban J connectivity index is 3.04. The fourth-order valence-corrected chi connectivity index (χ4v) is 1.07. The van der Waals surface area contributed by atoms with Gasteiger partial charge in [0.25, 0.3) is 0 Å². The van der Waals surface area contributed by atoms with Crippen LogP contribution in [0.15, 0.2) is 0 Å². The Hall–Kier alpha value is -1.50. The lowest BCUT2D eigenvalue weighted by atomic mass is 10.5. The van der Waals surface area contributed by atoms with Crippen molar-refractivity contribution in [3.05, 3.63) is 5.82 Å². The van der Waals surface area contributed by atoms with Crippen molar-refractivity contribution in [2.45, 2.75) is 39.9 Å². The van der Waals surface area contributed by atoms with E-state index in [1.54, 1.807) is 0 Å². The number of nitrogens with zero attached hydrogens (tertiary/aromatic N) is 3. The highest BCUT2D eigenvalue weighted by atomic mass is 32.1. The molecule has 0 atom stereocenters. The zero-order valence-electron chi connectivity index (χ0n) is 10.3. The number of nitrogens with two attached hydrogens (primary N) is 1. The first-order valence-electron chi connectivity index (χ1n) is 5.27. The van der Waals surface area contributed by atoms with Crippen molar-refractivity contribution in [3.8, 4) is 12.0 Å². The Morgan fingerprint density at radius 3 is 1.71 bits per heavy atom. The molecular formula is C10H16N4O2S. The highest BCUT2D eigenvalue weighted by Gasteiger charge is 2.12. The van der Waals surface area contributed by atoms with Crippen LogP contribution in [0, 0.1) is 0 Å². The molecule has 17 heavy (non-hydrogen) atoms. The number of aromatic nitrogens is 3. The Morgan fingerprint density at radius 1 is 1.00 bits per heavy atom. The Kier molecular flexibility index (Phi) is 4.56. The van der Waals surface area contributed by atoms with Gasteiger partial charge in [0.1, 0.15) is 4.99 Å². The van der Waals surface area contributed by atoms with Crippen LogP contribution >= 0.6 is 12.2 Å². The number of ether oxygens (including phenoxy) is 2. The predicted octanol–water partition coefficient (Wildman–Crippen LogP) is 1.08. The minimum absolute atomic E-state index is 0.0523. The van der Waals surface area contributed by atoms with Gasteiger partial charge in [0, 0.05) is 0 Å². The molecule has 0 unspecified atom stereocenters. The summed E-state index contributed by atoms with van der Waals surface area (Å²) in [7, 11) is 0. The number of hydrogen-bond acceptors (Lipinski definition) is 6. The number of hydrogen-bond donors (Lipinski definition) is 1. The normalized spacial score (nSPS) is 10.7. The molecule has 0 aliphatic rings. The molecule has 94 valence electrons. The molecule has 1 aromatic rings. The van der Waals surface area contributed by atoms with E-state index in [0.29, 0.717) is 0 Å². The molecule has 0 saturated carbocycles. The molecule has 1 heterocycles. The van der Waals surface area contributed by atoms with E-state index in [2.05, 4.69) is 15.0 Å². The lowest BCUT2D eigenvalue weighted by Crippen LogP contribution is -2.19. The second-order valence-electron chi connectivity index (χ2n) is 3.92. The van der Waals surface area contributed by atoms with Gasteiger partial charge < -0.3 is 15.2 Å². The third kappa shape index (κ3) is 4.48. The van der Waals surface area contributed by atoms with E-state index in [-0.39, 0.29) is 35.0 Å². The van der Waals surface area contributed by atoms with Gasteiger partial charge in [-0.15, -0.1) is 4.98 Å². The van der Waals surface area contributed by atoms with Crippen LogP contribution in [0.25, 0.3) is 0 Å². The average Bonchev–Trinajstić information content (AvgIpc) is 2.14. The molecule has 0 spiro atoms. The van der Waals surface area contributed by atoms with Crippen LogP contribution in [0.3, 0.4) is 0 Å². The number of thiocarbonyl (C=S) groups is 1. The van der Waals surface area contributed by atoms with Gasteiger partial charge in [-0.3, -0.25) is 0 Å². The highest BCUT2D eigenvalue weighted by molar-refractivity contribution is 7.80. The van der Waals surface area contributed by atoms with Gasteiger partial charge in [0.2, 0.25) is 0 Å². The van der Waals surface area contributed by atoms with Gasteiger partial charge in [-0.1, -0.05) is 12.2 Å². The van der Waals surface area contributed by atoms with Crippen LogP contribution in [-0.4, -0.2) is 32.1 Å². The summed E-state index contributed by atoms with van der Waals surface area (Å²) in [5.41, 5.74) is 5.48. The van der Waals surface area contributed by atoms with Crippen molar-refractivity contribution in [2.75, 3.05) is 0 Å². The Labute approximate surface area is 106 Å². The molecule has 6 nitrogen and oxygen atoms in total. The zero-order valence-corrected chi connectivity index (χ0v) is 11.1. The monoisotopic (exact) mass is 256 g/mol. The molecule has 0 aliphatic heterocycles. The van der Waals surface area contributed by atoms with Crippen molar-refractivity contribution >= 4 is 17.2 Å². The van der Waals surface area contributed by atoms with E-state index in [4.69, 9.17) is 27.4 Å². The van der Waals surface area contributed by atoms with Crippen LogP contribution in [0.5, 0.6) is 12.0 Å². The van der Waals surface area contributed by atoms with Gasteiger partial charge >= 0.3 is 12.0 Å². The van der Waals surface area contributed by atoms with Crippen molar-refractivity contribution < 1.29 is 9.47 Å². The van der Waals surface area contributed by atoms with E-state index in [1.165, 1.54) is 0 Å².